The van der Waals surface area contributed by atoms with Gasteiger partial charge in [0.05, 0.1) is 5.75 Å². The van der Waals surface area contributed by atoms with Gasteiger partial charge in [-0.05, 0) is 48.0 Å². The van der Waals surface area contributed by atoms with Crippen molar-refractivity contribution >= 4 is 57.8 Å². The van der Waals surface area contributed by atoms with Gasteiger partial charge in [0, 0.05) is 37.5 Å². The number of benzene rings is 2. The molecule has 0 saturated heterocycles. The zero-order chi connectivity index (χ0) is 21.0. The standard InChI is InChI=1S/C21H21ClN4O2S/c1-25(2)17-10-4-14(5-11-17)12-18-20(28)26(3)21(24-18)29-13-19(27)23-16-8-6-15(22)7-9-16/h4-12H,13H2,1-3H3,(H,23,27)/b18-12-. The number of rotatable bonds is 5. The highest BCUT2D eigenvalue weighted by molar-refractivity contribution is 8.14. The molecular formula is C21H21ClN4O2S. The summed E-state index contributed by atoms with van der Waals surface area (Å²) in [6, 6.07) is 14.7. The van der Waals surface area contributed by atoms with E-state index in [9.17, 15) is 9.59 Å². The number of halogens is 1. The number of carbonyl (C=O) groups is 2. The lowest BCUT2D eigenvalue weighted by molar-refractivity contribution is -0.121. The topological polar surface area (TPSA) is 65.0 Å². The second-order valence-electron chi connectivity index (χ2n) is 6.62. The van der Waals surface area contributed by atoms with Crippen LogP contribution in [0.5, 0.6) is 0 Å². The van der Waals surface area contributed by atoms with E-state index in [1.54, 1.807) is 37.4 Å². The highest BCUT2D eigenvalue weighted by Crippen LogP contribution is 2.23. The Hall–Kier alpha value is -2.77. The van der Waals surface area contributed by atoms with Crippen molar-refractivity contribution in [1.29, 1.82) is 0 Å². The van der Waals surface area contributed by atoms with Crippen LogP contribution in [0.1, 0.15) is 5.56 Å². The average Bonchev–Trinajstić information content (AvgIpc) is 2.96. The van der Waals surface area contributed by atoms with Gasteiger partial charge in [-0.1, -0.05) is 35.5 Å². The maximum absolute atomic E-state index is 12.5. The van der Waals surface area contributed by atoms with Gasteiger partial charge in [-0.15, -0.1) is 0 Å². The summed E-state index contributed by atoms with van der Waals surface area (Å²) in [6.45, 7) is 0. The highest BCUT2D eigenvalue weighted by atomic mass is 35.5. The van der Waals surface area contributed by atoms with Gasteiger partial charge in [0.25, 0.3) is 5.91 Å². The third-order valence-electron chi connectivity index (χ3n) is 4.20. The van der Waals surface area contributed by atoms with Crippen molar-refractivity contribution in [3.05, 3.63) is 64.8 Å². The highest BCUT2D eigenvalue weighted by Gasteiger charge is 2.27. The van der Waals surface area contributed by atoms with E-state index >= 15 is 0 Å². The molecule has 1 aliphatic rings. The van der Waals surface area contributed by atoms with Gasteiger partial charge in [0.15, 0.2) is 5.17 Å². The molecule has 8 heteroatoms. The van der Waals surface area contributed by atoms with E-state index < -0.39 is 0 Å². The van der Waals surface area contributed by atoms with Crippen molar-refractivity contribution in [3.8, 4) is 0 Å². The number of aliphatic imine (C=N–C) groups is 1. The predicted octanol–water partition coefficient (Wildman–Crippen LogP) is 3.95. The Morgan fingerprint density at radius 2 is 1.83 bits per heavy atom. The molecular weight excluding hydrogens is 408 g/mol. The Morgan fingerprint density at radius 3 is 2.45 bits per heavy atom. The first-order valence-corrected chi connectivity index (χ1v) is 10.2. The van der Waals surface area contributed by atoms with E-state index in [1.165, 1.54) is 16.7 Å². The molecule has 2 aromatic rings. The summed E-state index contributed by atoms with van der Waals surface area (Å²) in [4.78, 5) is 32.5. The molecule has 1 aliphatic heterocycles. The maximum Gasteiger partial charge on any atom is 0.278 e. The lowest BCUT2D eigenvalue weighted by atomic mass is 10.1. The fraction of sp³-hybridized carbons (Fsp3) is 0.190. The molecule has 0 fully saturated rings. The number of nitrogens with one attached hydrogen (secondary N) is 1. The lowest BCUT2D eigenvalue weighted by Crippen LogP contribution is -2.27. The number of hydrogen-bond donors (Lipinski definition) is 1. The molecule has 2 amide bonds. The molecule has 0 bridgehead atoms. The SMILES string of the molecule is CN1C(=O)/C(=C/c2ccc(N(C)C)cc2)N=C1SCC(=O)Nc1ccc(Cl)cc1. The van der Waals surface area contributed by atoms with Crippen LogP contribution in [0.4, 0.5) is 11.4 Å². The van der Waals surface area contributed by atoms with Gasteiger partial charge in [0.2, 0.25) is 5.91 Å². The summed E-state index contributed by atoms with van der Waals surface area (Å²) >= 11 is 7.06. The lowest BCUT2D eigenvalue weighted by Gasteiger charge is -2.12. The first-order chi connectivity index (χ1) is 13.8. The van der Waals surface area contributed by atoms with Gasteiger partial charge >= 0.3 is 0 Å². The minimum absolute atomic E-state index is 0.143. The van der Waals surface area contributed by atoms with Crippen molar-refractivity contribution in [3.63, 3.8) is 0 Å². The van der Waals surface area contributed by atoms with Crippen LogP contribution in [0, 0.1) is 0 Å². The van der Waals surface area contributed by atoms with Gasteiger partial charge in [-0.3, -0.25) is 14.5 Å². The summed E-state index contributed by atoms with van der Waals surface area (Å²) in [5, 5.41) is 3.89. The van der Waals surface area contributed by atoms with Crippen LogP contribution in [0.2, 0.25) is 5.02 Å². The normalized spacial score (nSPS) is 14.9. The Morgan fingerprint density at radius 1 is 1.17 bits per heavy atom. The molecule has 3 rings (SSSR count). The number of amidine groups is 1. The molecule has 150 valence electrons. The van der Waals surface area contributed by atoms with Crippen molar-refractivity contribution in [1.82, 2.24) is 4.90 Å². The van der Waals surface area contributed by atoms with Crippen molar-refractivity contribution < 1.29 is 9.59 Å². The van der Waals surface area contributed by atoms with Gasteiger partial charge in [0.1, 0.15) is 5.70 Å². The Balaban J connectivity index is 1.64. The summed E-state index contributed by atoms with van der Waals surface area (Å²) in [5.41, 5.74) is 2.99. The molecule has 0 aliphatic carbocycles. The summed E-state index contributed by atoms with van der Waals surface area (Å²) in [6.07, 6.45) is 1.75. The first kappa shape index (κ1) is 21.0. The number of thioether (sulfide) groups is 1. The smallest absolute Gasteiger partial charge is 0.278 e. The number of hydrogen-bond acceptors (Lipinski definition) is 5. The minimum atomic E-state index is -0.192. The van der Waals surface area contributed by atoms with E-state index in [0.717, 1.165) is 11.3 Å². The van der Waals surface area contributed by atoms with Crippen molar-refractivity contribution in [2.75, 3.05) is 37.1 Å². The Labute approximate surface area is 179 Å². The average molecular weight is 429 g/mol. The molecule has 6 nitrogen and oxygen atoms in total. The largest absolute Gasteiger partial charge is 0.378 e. The molecule has 1 heterocycles. The Bertz CT molecular complexity index is 969. The second kappa shape index (κ2) is 9.15. The quantitative estimate of drug-likeness (QED) is 0.732. The van der Waals surface area contributed by atoms with Gasteiger partial charge in [-0.25, -0.2) is 4.99 Å². The van der Waals surface area contributed by atoms with Crippen LogP contribution in [-0.2, 0) is 9.59 Å². The molecule has 29 heavy (non-hydrogen) atoms. The Kier molecular flexibility index (Phi) is 6.61. The maximum atomic E-state index is 12.5. The zero-order valence-corrected chi connectivity index (χ0v) is 17.9. The third-order valence-corrected chi connectivity index (χ3v) is 5.48. The van der Waals surface area contributed by atoms with Gasteiger partial charge in [-0.2, -0.15) is 0 Å². The zero-order valence-electron chi connectivity index (χ0n) is 16.3. The summed E-state index contributed by atoms with van der Waals surface area (Å²) < 4.78 is 0. The molecule has 0 spiro atoms. The van der Waals surface area contributed by atoms with Crippen LogP contribution in [0.15, 0.2) is 59.2 Å². The molecule has 1 N–H and O–H groups in total. The fourth-order valence-corrected chi connectivity index (χ4v) is 3.49. The summed E-state index contributed by atoms with van der Waals surface area (Å²) in [5.74, 6) is -0.232. The monoisotopic (exact) mass is 428 g/mol. The van der Waals surface area contributed by atoms with Crippen LogP contribution < -0.4 is 10.2 Å². The van der Waals surface area contributed by atoms with Gasteiger partial charge < -0.3 is 10.2 Å². The number of amides is 2. The van der Waals surface area contributed by atoms with Crippen molar-refractivity contribution in [2.45, 2.75) is 0 Å². The van der Waals surface area contributed by atoms with Crippen LogP contribution in [0.25, 0.3) is 6.08 Å². The number of carbonyl (C=O) groups excluding carboxylic acids is 2. The van der Waals surface area contributed by atoms with Crippen LogP contribution in [-0.4, -0.2) is 48.8 Å². The number of nitrogens with zero attached hydrogens (tertiary/aromatic N) is 3. The molecule has 0 unspecified atom stereocenters. The minimum Gasteiger partial charge on any atom is -0.378 e. The molecule has 0 radical (unpaired) electrons. The number of likely N-dealkylation sites (N-methyl/N-ethyl adjacent to an activating group) is 1. The fourth-order valence-electron chi connectivity index (χ4n) is 2.59. The van der Waals surface area contributed by atoms with E-state index in [0.29, 0.717) is 21.6 Å². The van der Waals surface area contributed by atoms with Crippen LogP contribution >= 0.6 is 23.4 Å². The molecule has 0 atom stereocenters. The first-order valence-electron chi connectivity index (χ1n) is 8.87. The van der Waals surface area contributed by atoms with Crippen LogP contribution in [0.3, 0.4) is 0 Å². The van der Waals surface area contributed by atoms with E-state index in [4.69, 9.17) is 11.6 Å². The van der Waals surface area contributed by atoms with E-state index in [-0.39, 0.29) is 17.6 Å². The molecule has 2 aromatic carbocycles. The third kappa shape index (κ3) is 5.40. The summed E-state index contributed by atoms with van der Waals surface area (Å²) in [7, 11) is 5.60. The van der Waals surface area contributed by atoms with Crippen molar-refractivity contribution in [2.24, 2.45) is 4.99 Å². The predicted molar refractivity (Wildman–Crippen MR) is 121 cm³/mol. The number of anilines is 2. The molecule has 0 aromatic heterocycles. The van der Waals surface area contributed by atoms with E-state index in [2.05, 4.69) is 10.3 Å². The second-order valence-corrected chi connectivity index (χ2v) is 8.00. The van der Waals surface area contributed by atoms with E-state index in [1.807, 2.05) is 43.3 Å². The molecule has 0 saturated carbocycles.